The van der Waals surface area contributed by atoms with Gasteiger partial charge >= 0.3 is 0 Å². The van der Waals surface area contributed by atoms with Gasteiger partial charge in [-0.1, -0.05) is 22.0 Å². The predicted octanol–water partition coefficient (Wildman–Crippen LogP) is 1.23. The quantitative estimate of drug-likeness (QED) is 0.893. The highest BCUT2D eigenvalue weighted by atomic mass is 79.9. The number of benzene rings is 1. The van der Waals surface area contributed by atoms with Crippen molar-refractivity contribution in [2.24, 2.45) is 5.73 Å². The van der Waals surface area contributed by atoms with Gasteiger partial charge in [0.05, 0.1) is 24.1 Å². The van der Waals surface area contributed by atoms with Gasteiger partial charge in [-0.25, -0.2) is 4.68 Å². The first-order valence-electron chi connectivity index (χ1n) is 4.86. The van der Waals surface area contributed by atoms with E-state index in [-0.39, 0.29) is 6.61 Å². The maximum Gasteiger partial charge on any atom is 0.251 e. The molecule has 3 N–H and O–H groups in total. The second-order valence-electron chi connectivity index (χ2n) is 3.47. The molecule has 0 atom stereocenters. The Hall–Kier alpha value is -1.66. The molecule has 88 valence electrons. The molecule has 0 saturated heterocycles. The summed E-state index contributed by atoms with van der Waals surface area (Å²) < 4.78 is 2.33. The van der Waals surface area contributed by atoms with E-state index in [1.54, 1.807) is 23.0 Å². The molecule has 0 unspecified atom stereocenters. The predicted molar refractivity (Wildman–Crippen MR) is 65.7 cm³/mol. The van der Waals surface area contributed by atoms with Crippen molar-refractivity contribution >= 4 is 21.8 Å². The van der Waals surface area contributed by atoms with Crippen molar-refractivity contribution < 1.29 is 9.90 Å². The largest absolute Gasteiger partial charge is 0.392 e. The molecule has 2 aromatic rings. The summed E-state index contributed by atoms with van der Waals surface area (Å²) in [5, 5.41) is 13.1. The number of amides is 1. The molecular formula is C11H10BrN3O2. The number of carbonyl (C=O) groups is 1. The van der Waals surface area contributed by atoms with E-state index in [1.165, 1.54) is 6.20 Å². The minimum absolute atomic E-state index is 0.0352. The summed E-state index contributed by atoms with van der Waals surface area (Å²) in [4.78, 5) is 10.9. The summed E-state index contributed by atoms with van der Waals surface area (Å²) in [5.74, 6) is -0.512. The van der Waals surface area contributed by atoms with E-state index in [4.69, 9.17) is 10.8 Å². The van der Waals surface area contributed by atoms with Crippen LogP contribution in [-0.2, 0) is 6.61 Å². The number of primary amides is 1. The van der Waals surface area contributed by atoms with Crippen LogP contribution in [0.1, 0.15) is 15.9 Å². The number of nitrogens with two attached hydrogens (primary N) is 1. The van der Waals surface area contributed by atoms with Crippen LogP contribution in [0.4, 0.5) is 0 Å². The van der Waals surface area contributed by atoms with Crippen LogP contribution in [0.5, 0.6) is 0 Å². The van der Waals surface area contributed by atoms with E-state index in [2.05, 4.69) is 21.0 Å². The average Bonchev–Trinajstić information content (AvgIpc) is 2.78. The zero-order chi connectivity index (χ0) is 12.4. The lowest BCUT2D eigenvalue weighted by molar-refractivity contribution is 0.100. The molecule has 0 aliphatic rings. The maximum atomic E-state index is 10.9. The highest BCUT2D eigenvalue weighted by Crippen LogP contribution is 2.20. The Bertz CT molecular complexity index is 566. The third kappa shape index (κ3) is 2.37. The van der Waals surface area contributed by atoms with Gasteiger partial charge in [0.2, 0.25) is 0 Å². The van der Waals surface area contributed by atoms with Crippen LogP contribution in [0.25, 0.3) is 5.69 Å². The molecule has 0 bridgehead atoms. The molecule has 5 nitrogen and oxygen atoms in total. The molecule has 1 heterocycles. The Morgan fingerprint density at radius 3 is 2.82 bits per heavy atom. The highest BCUT2D eigenvalue weighted by molar-refractivity contribution is 9.10. The van der Waals surface area contributed by atoms with E-state index in [1.807, 2.05) is 6.07 Å². The second kappa shape index (κ2) is 4.68. The van der Waals surface area contributed by atoms with Crippen LogP contribution in [0.15, 0.2) is 35.1 Å². The number of nitrogens with zero attached hydrogens (tertiary/aromatic N) is 2. The summed E-state index contributed by atoms with van der Waals surface area (Å²) in [6.07, 6.45) is 2.97. The van der Waals surface area contributed by atoms with Crippen LogP contribution in [0, 0.1) is 0 Å². The number of aliphatic hydroxyl groups is 1. The van der Waals surface area contributed by atoms with Gasteiger partial charge in [-0.05, 0) is 17.7 Å². The minimum Gasteiger partial charge on any atom is -0.392 e. The van der Waals surface area contributed by atoms with Gasteiger partial charge in [0.1, 0.15) is 0 Å². The lowest BCUT2D eigenvalue weighted by atomic mass is 10.2. The fourth-order valence-corrected chi connectivity index (χ4v) is 1.89. The summed E-state index contributed by atoms with van der Waals surface area (Å²) >= 11 is 3.35. The molecule has 2 rings (SSSR count). The van der Waals surface area contributed by atoms with Crippen LogP contribution >= 0.6 is 15.9 Å². The van der Waals surface area contributed by atoms with Crippen molar-refractivity contribution in [2.75, 3.05) is 0 Å². The molecule has 0 aliphatic carbocycles. The standard InChI is InChI=1S/C11H10BrN3O2/c12-10-3-9(2-1-7(10)6-16)15-5-8(4-14-15)11(13)17/h1-5,16H,6H2,(H2,13,17). The van der Waals surface area contributed by atoms with E-state index in [0.717, 1.165) is 15.7 Å². The Balaban J connectivity index is 2.39. The second-order valence-corrected chi connectivity index (χ2v) is 4.33. The fraction of sp³-hybridized carbons (Fsp3) is 0.0909. The van der Waals surface area contributed by atoms with Gasteiger partial charge in [-0.3, -0.25) is 4.79 Å². The van der Waals surface area contributed by atoms with Crippen LogP contribution < -0.4 is 5.73 Å². The number of aromatic nitrogens is 2. The Kier molecular flexibility index (Phi) is 3.26. The number of hydrogen-bond acceptors (Lipinski definition) is 3. The number of hydrogen-bond donors (Lipinski definition) is 2. The topological polar surface area (TPSA) is 81.1 Å². The van der Waals surface area contributed by atoms with E-state index in [0.29, 0.717) is 5.56 Å². The summed E-state index contributed by atoms with van der Waals surface area (Å²) in [5.41, 5.74) is 7.07. The van der Waals surface area contributed by atoms with Gasteiger partial charge in [0, 0.05) is 10.7 Å². The van der Waals surface area contributed by atoms with Gasteiger partial charge in [0.25, 0.3) is 5.91 Å². The van der Waals surface area contributed by atoms with Crippen molar-refractivity contribution in [2.45, 2.75) is 6.61 Å². The van der Waals surface area contributed by atoms with Gasteiger partial charge in [0.15, 0.2) is 0 Å². The normalized spacial score (nSPS) is 10.5. The maximum absolute atomic E-state index is 10.9. The molecule has 1 amide bonds. The molecule has 6 heteroatoms. The van der Waals surface area contributed by atoms with Crippen LogP contribution in [-0.4, -0.2) is 20.8 Å². The SMILES string of the molecule is NC(=O)c1cnn(-c2ccc(CO)c(Br)c2)c1. The smallest absolute Gasteiger partial charge is 0.251 e. The third-order valence-corrected chi connectivity index (χ3v) is 3.08. The first-order valence-corrected chi connectivity index (χ1v) is 5.65. The molecule has 0 radical (unpaired) electrons. The fourth-order valence-electron chi connectivity index (χ4n) is 1.40. The van der Waals surface area contributed by atoms with Crippen molar-refractivity contribution in [3.63, 3.8) is 0 Å². The molecule has 0 fully saturated rings. The molecule has 1 aromatic heterocycles. The average molecular weight is 296 g/mol. The molecule has 17 heavy (non-hydrogen) atoms. The van der Waals surface area contributed by atoms with E-state index >= 15 is 0 Å². The Labute approximate surface area is 106 Å². The van der Waals surface area contributed by atoms with Crippen molar-refractivity contribution in [3.05, 3.63) is 46.2 Å². The van der Waals surface area contributed by atoms with Crippen molar-refractivity contribution in [1.29, 1.82) is 0 Å². The summed E-state index contributed by atoms with van der Waals surface area (Å²) in [6.45, 7) is -0.0352. The zero-order valence-electron chi connectivity index (χ0n) is 8.80. The minimum atomic E-state index is -0.512. The van der Waals surface area contributed by atoms with Crippen LogP contribution in [0.3, 0.4) is 0 Å². The van der Waals surface area contributed by atoms with Gasteiger partial charge < -0.3 is 10.8 Å². The van der Waals surface area contributed by atoms with Crippen molar-refractivity contribution in [3.8, 4) is 5.69 Å². The molecular weight excluding hydrogens is 286 g/mol. The first-order chi connectivity index (χ1) is 8.11. The summed E-state index contributed by atoms with van der Waals surface area (Å²) in [7, 11) is 0. The number of carbonyl (C=O) groups excluding carboxylic acids is 1. The lowest BCUT2D eigenvalue weighted by Crippen LogP contribution is -2.09. The Morgan fingerprint density at radius 1 is 1.53 bits per heavy atom. The zero-order valence-corrected chi connectivity index (χ0v) is 10.4. The molecule has 1 aromatic carbocycles. The van der Waals surface area contributed by atoms with Gasteiger partial charge in [-0.15, -0.1) is 0 Å². The first kappa shape index (κ1) is 11.8. The van der Waals surface area contributed by atoms with Gasteiger partial charge in [-0.2, -0.15) is 5.10 Å². The molecule has 0 aliphatic heterocycles. The highest BCUT2D eigenvalue weighted by Gasteiger charge is 2.07. The monoisotopic (exact) mass is 295 g/mol. The lowest BCUT2D eigenvalue weighted by Gasteiger charge is -2.05. The third-order valence-electron chi connectivity index (χ3n) is 2.34. The summed E-state index contributed by atoms with van der Waals surface area (Å²) in [6, 6.07) is 5.39. The molecule has 0 spiro atoms. The Morgan fingerprint density at radius 2 is 2.29 bits per heavy atom. The number of aliphatic hydroxyl groups excluding tert-OH is 1. The number of rotatable bonds is 3. The molecule has 0 saturated carbocycles. The van der Waals surface area contributed by atoms with E-state index in [9.17, 15) is 4.79 Å². The van der Waals surface area contributed by atoms with Crippen molar-refractivity contribution in [1.82, 2.24) is 9.78 Å². The van der Waals surface area contributed by atoms with E-state index < -0.39 is 5.91 Å². The number of halogens is 1. The van der Waals surface area contributed by atoms with Crippen LogP contribution in [0.2, 0.25) is 0 Å².